The molecule has 2 N–H and O–H groups in total. The summed E-state index contributed by atoms with van der Waals surface area (Å²) in [7, 11) is 1.75. The molecular weight excluding hydrogens is 392 g/mol. The predicted octanol–water partition coefficient (Wildman–Crippen LogP) is 2.86. The van der Waals surface area contributed by atoms with Gasteiger partial charge in [-0.3, -0.25) is 9.56 Å². The number of aryl methyl sites for hydroxylation is 1. The molecule has 2 heterocycles. The fourth-order valence-corrected chi connectivity index (χ4v) is 2.95. The van der Waals surface area contributed by atoms with Gasteiger partial charge < -0.3 is 20.1 Å². The maximum Gasteiger partial charge on any atom is 0.191 e. The van der Waals surface area contributed by atoms with E-state index in [0.29, 0.717) is 38.9 Å². The van der Waals surface area contributed by atoms with Gasteiger partial charge in [0, 0.05) is 50.9 Å². The van der Waals surface area contributed by atoms with Crippen LogP contribution in [0.4, 0.5) is 0 Å². The highest BCUT2D eigenvalue weighted by Gasteiger charge is 2.07. The van der Waals surface area contributed by atoms with Crippen LogP contribution in [0.5, 0.6) is 5.75 Å². The summed E-state index contributed by atoms with van der Waals surface area (Å²) in [4.78, 5) is 12.8. The van der Waals surface area contributed by atoms with Crippen LogP contribution in [0.3, 0.4) is 0 Å². The predicted molar refractivity (Wildman–Crippen MR) is 122 cm³/mol. The van der Waals surface area contributed by atoms with Crippen molar-refractivity contribution in [2.24, 2.45) is 4.99 Å². The first kappa shape index (κ1) is 22.3. The Hall–Kier alpha value is -3.39. The summed E-state index contributed by atoms with van der Waals surface area (Å²) in [6, 6.07) is 10.2. The molecule has 3 rings (SSSR count). The minimum absolute atomic E-state index is 0.527. The third kappa shape index (κ3) is 6.82. The zero-order chi connectivity index (χ0) is 21.9. The molecule has 164 valence electrons. The standard InChI is InChI=1S/C23H30N6O2/c1-4-30-11-12-31-21-13-18(2)5-7-20(21)16-28-23(24-3)27-15-19-6-8-22(26-14-19)29-10-9-25-17-29/h5-10,13-14,17H,4,11-12,15-16H2,1-3H3,(H2,24,27,28). The number of imidazole rings is 1. The fraction of sp³-hybridized carbons (Fsp3) is 0.348. The monoisotopic (exact) mass is 422 g/mol. The van der Waals surface area contributed by atoms with Gasteiger partial charge >= 0.3 is 0 Å². The topological polar surface area (TPSA) is 85.6 Å². The minimum atomic E-state index is 0.527. The third-order valence-electron chi connectivity index (χ3n) is 4.62. The molecule has 8 heteroatoms. The van der Waals surface area contributed by atoms with E-state index in [0.717, 1.165) is 28.3 Å². The number of hydrogen-bond donors (Lipinski definition) is 2. The zero-order valence-electron chi connectivity index (χ0n) is 18.3. The van der Waals surface area contributed by atoms with E-state index in [1.165, 1.54) is 0 Å². The average molecular weight is 423 g/mol. The lowest BCUT2D eigenvalue weighted by Crippen LogP contribution is -2.36. The smallest absolute Gasteiger partial charge is 0.191 e. The van der Waals surface area contributed by atoms with Crippen LogP contribution in [0.2, 0.25) is 0 Å². The molecule has 0 bridgehead atoms. The maximum atomic E-state index is 5.92. The Labute approximate surface area is 183 Å². The first-order valence-electron chi connectivity index (χ1n) is 10.4. The van der Waals surface area contributed by atoms with Crippen molar-refractivity contribution in [3.05, 3.63) is 71.9 Å². The van der Waals surface area contributed by atoms with Crippen molar-refractivity contribution in [3.63, 3.8) is 0 Å². The molecular formula is C23H30N6O2. The molecule has 0 aliphatic rings. The molecule has 3 aromatic rings. The van der Waals surface area contributed by atoms with Crippen LogP contribution in [0.15, 0.2) is 60.2 Å². The zero-order valence-corrected chi connectivity index (χ0v) is 18.3. The molecule has 0 spiro atoms. The van der Waals surface area contributed by atoms with Crippen molar-refractivity contribution in [1.29, 1.82) is 0 Å². The maximum absolute atomic E-state index is 5.92. The van der Waals surface area contributed by atoms with Crippen molar-refractivity contribution in [2.45, 2.75) is 26.9 Å². The molecule has 0 amide bonds. The number of nitrogens with zero attached hydrogens (tertiary/aromatic N) is 4. The van der Waals surface area contributed by atoms with E-state index in [1.807, 2.05) is 42.1 Å². The number of pyridine rings is 1. The Morgan fingerprint density at radius 3 is 2.71 bits per heavy atom. The first-order chi connectivity index (χ1) is 15.2. The Bertz CT molecular complexity index is 955. The normalized spacial score (nSPS) is 11.4. The SMILES string of the molecule is CCOCCOc1cc(C)ccc1CNC(=NC)NCc1ccc(-n2ccnc2)nc1. The Morgan fingerprint density at radius 1 is 1.13 bits per heavy atom. The largest absolute Gasteiger partial charge is 0.491 e. The van der Waals surface area contributed by atoms with Gasteiger partial charge in [0.25, 0.3) is 0 Å². The highest BCUT2D eigenvalue weighted by Crippen LogP contribution is 2.20. The van der Waals surface area contributed by atoms with Crippen LogP contribution in [0.25, 0.3) is 5.82 Å². The van der Waals surface area contributed by atoms with Gasteiger partial charge in [-0.1, -0.05) is 18.2 Å². The molecule has 0 aliphatic heterocycles. The van der Waals surface area contributed by atoms with Gasteiger partial charge in [-0.05, 0) is 37.1 Å². The summed E-state index contributed by atoms with van der Waals surface area (Å²) in [6.07, 6.45) is 7.17. The van der Waals surface area contributed by atoms with Crippen LogP contribution in [0.1, 0.15) is 23.6 Å². The van der Waals surface area contributed by atoms with Crippen molar-refractivity contribution < 1.29 is 9.47 Å². The average Bonchev–Trinajstić information content (AvgIpc) is 3.33. The van der Waals surface area contributed by atoms with Gasteiger partial charge in [-0.25, -0.2) is 9.97 Å². The van der Waals surface area contributed by atoms with Crippen LogP contribution in [-0.4, -0.2) is 47.4 Å². The van der Waals surface area contributed by atoms with E-state index in [2.05, 4.69) is 44.7 Å². The third-order valence-corrected chi connectivity index (χ3v) is 4.62. The van der Waals surface area contributed by atoms with E-state index in [-0.39, 0.29) is 0 Å². The molecule has 2 aromatic heterocycles. The van der Waals surface area contributed by atoms with E-state index in [1.54, 1.807) is 19.6 Å². The number of benzene rings is 1. The number of guanidine groups is 1. The van der Waals surface area contributed by atoms with Gasteiger partial charge in [0.2, 0.25) is 0 Å². The Morgan fingerprint density at radius 2 is 2.00 bits per heavy atom. The Kier molecular flexibility index (Phi) is 8.42. The summed E-state index contributed by atoms with van der Waals surface area (Å²) >= 11 is 0. The number of ether oxygens (including phenoxy) is 2. The van der Waals surface area contributed by atoms with E-state index in [4.69, 9.17) is 9.47 Å². The molecule has 0 unspecified atom stereocenters. The van der Waals surface area contributed by atoms with Crippen LogP contribution in [0, 0.1) is 6.92 Å². The lowest BCUT2D eigenvalue weighted by molar-refractivity contribution is 0.110. The number of hydrogen-bond acceptors (Lipinski definition) is 5. The fourth-order valence-electron chi connectivity index (χ4n) is 2.95. The van der Waals surface area contributed by atoms with Gasteiger partial charge in [-0.15, -0.1) is 0 Å². The van der Waals surface area contributed by atoms with Gasteiger partial charge in [0.15, 0.2) is 5.96 Å². The van der Waals surface area contributed by atoms with Crippen molar-refractivity contribution in [1.82, 2.24) is 25.2 Å². The summed E-state index contributed by atoms with van der Waals surface area (Å²) in [6.45, 7) is 7.04. The van der Waals surface area contributed by atoms with Gasteiger partial charge in [0.05, 0.1) is 6.61 Å². The van der Waals surface area contributed by atoms with E-state index in [9.17, 15) is 0 Å². The highest BCUT2D eigenvalue weighted by atomic mass is 16.5. The minimum Gasteiger partial charge on any atom is -0.491 e. The van der Waals surface area contributed by atoms with E-state index >= 15 is 0 Å². The molecule has 0 saturated carbocycles. The number of rotatable bonds is 10. The second kappa shape index (κ2) is 11.7. The number of nitrogens with one attached hydrogen (secondary N) is 2. The number of aromatic nitrogens is 3. The molecule has 31 heavy (non-hydrogen) atoms. The lowest BCUT2D eigenvalue weighted by atomic mass is 10.1. The summed E-state index contributed by atoms with van der Waals surface area (Å²) < 4.78 is 13.1. The molecule has 0 radical (unpaired) electrons. The molecule has 0 atom stereocenters. The highest BCUT2D eigenvalue weighted by molar-refractivity contribution is 5.79. The Balaban J connectivity index is 1.52. The second-order valence-corrected chi connectivity index (χ2v) is 6.93. The summed E-state index contributed by atoms with van der Waals surface area (Å²) in [5.41, 5.74) is 3.28. The van der Waals surface area contributed by atoms with Crippen LogP contribution in [-0.2, 0) is 17.8 Å². The van der Waals surface area contributed by atoms with Gasteiger partial charge in [-0.2, -0.15) is 0 Å². The molecule has 0 saturated heterocycles. The number of aliphatic imine (C=N–C) groups is 1. The second-order valence-electron chi connectivity index (χ2n) is 6.93. The van der Waals surface area contributed by atoms with Crippen molar-refractivity contribution in [3.8, 4) is 11.6 Å². The lowest BCUT2D eigenvalue weighted by Gasteiger charge is -2.15. The summed E-state index contributed by atoms with van der Waals surface area (Å²) in [5.74, 6) is 2.40. The van der Waals surface area contributed by atoms with Crippen LogP contribution >= 0.6 is 0 Å². The molecule has 1 aromatic carbocycles. The molecule has 0 aliphatic carbocycles. The van der Waals surface area contributed by atoms with Crippen molar-refractivity contribution in [2.75, 3.05) is 26.9 Å². The molecule has 0 fully saturated rings. The molecule has 8 nitrogen and oxygen atoms in total. The summed E-state index contributed by atoms with van der Waals surface area (Å²) in [5, 5.41) is 6.67. The first-order valence-corrected chi connectivity index (χ1v) is 10.4. The quantitative estimate of drug-likeness (QED) is 0.297. The van der Waals surface area contributed by atoms with Crippen molar-refractivity contribution >= 4 is 5.96 Å². The van der Waals surface area contributed by atoms with E-state index < -0.39 is 0 Å². The van der Waals surface area contributed by atoms with Gasteiger partial charge in [0.1, 0.15) is 24.5 Å². The van der Waals surface area contributed by atoms with Crippen LogP contribution < -0.4 is 15.4 Å².